The molecule has 4 N–H and O–H groups in total. The van der Waals surface area contributed by atoms with Crippen LogP contribution in [0.4, 0.5) is 11.4 Å². The first-order valence-corrected chi connectivity index (χ1v) is 7.03. The lowest BCUT2D eigenvalue weighted by Gasteiger charge is -2.02. The number of amides is 1. The highest BCUT2D eigenvalue weighted by atomic mass is 79.9. The molecule has 2 rings (SSSR count). The topological polar surface area (TPSA) is 131 Å². The number of halogens is 1. The van der Waals surface area contributed by atoms with E-state index < -0.39 is 10.8 Å². The highest BCUT2D eigenvalue weighted by Crippen LogP contribution is 2.20. The minimum atomic E-state index is -0.661. The van der Waals surface area contributed by atoms with Gasteiger partial charge in [0.05, 0.1) is 16.7 Å². The quantitative estimate of drug-likeness (QED) is 0.325. The molecule has 0 aromatic heterocycles. The lowest BCUT2D eigenvalue weighted by molar-refractivity contribution is -0.384. The van der Waals surface area contributed by atoms with Crippen LogP contribution in [-0.2, 0) is 0 Å². The third-order valence-corrected chi connectivity index (χ3v) is 3.27. The second-order valence-electron chi connectivity index (χ2n) is 4.47. The Labute approximate surface area is 138 Å². The predicted molar refractivity (Wildman–Crippen MR) is 88.4 cm³/mol. The number of nitro groups is 1. The van der Waals surface area contributed by atoms with Crippen molar-refractivity contribution in [1.82, 2.24) is 5.43 Å². The zero-order valence-electron chi connectivity index (χ0n) is 11.6. The van der Waals surface area contributed by atoms with Crippen LogP contribution >= 0.6 is 15.9 Å². The van der Waals surface area contributed by atoms with E-state index in [1.54, 1.807) is 12.1 Å². The predicted octanol–water partition coefficient (Wildman–Crippen LogP) is 2.41. The van der Waals surface area contributed by atoms with E-state index in [4.69, 9.17) is 5.73 Å². The van der Waals surface area contributed by atoms with E-state index in [-0.39, 0.29) is 22.7 Å². The van der Waals surface area contributed by atoms with E-state index >= 15 is 0 Å². The maximum absolute atomic E-state index is 11.9. The number of aromatic hydroxyl groups is 1. The van der Waals surface area contributed by atoms with Crippen LogP contribution in [0.15, 0.2) is 46.0 Å². The van der Waals surface area contributed by atoms with Gasteiger partial charge in [-0.05, 0) is 24.3 Å². The molecule has 0 fully saturated rings. The lowest BCUT2D eigenvalue weighted by Crippen LogP contribution is -2.18. The number of phenols is 1. The summed E-state index contributed by atoms with van der Waals surface area (Å²) in [5.41, 5.74) is 7.94. The van der Waals surface area contributed by atoms with Gasteiger partial charge in [-0.25, -0.2) is 5.43 Å². The number of carbonyl (C=O) groups excluding carboxylic acids is 1. The van der Waals surface area contributed by atoms with E-state index in [9.17, 15) is 20.0 Å². The van der Waals surface area contributed by atoms with Crippen LogP contribution in [-0.4, -0.2) is 22.2 Å². The number of nitro benzene ring substituents is 1. The van der Waals surface area contributed by atoms with Crippen molar-refractivity contribution >= 4 is 39.4 Å². The number of nitrogens with zero attached hydrogens (tertiary/aromatic N) is 2. The number of phenolic OH excluding ortho intramolecular Hbond substituents is 1. The molecule has 0 atom stereocenters. The molecule has 2 aromatic carbocycles. The Hall–Kier alpha value is -2.94. The third-order valence-electron chi connectivity index (χ3n) is 2.77. The number of anilines is 1. The van der Waals surface area contributed by atoms with E-state index in [1.807, 2.05) is 0 Å². The van der Waals surface area contributed by atoms with E-state index in [1.165, 1.54) is 18.3 Å². The fourth-order valence-electron chi connectivity index (χ4n) is 1.72. The Morgan fingerprint density at radius 3 is 2.78 bits per heavy atom. The monoisotopic (exact) mass is 378 g/mol. The largest absolute Gasteiger partial charge is 0.507 e. The van der Waals surface area contributed by atoms with Crippen molar-refractivity contribution in [2.45, 2.75) is 0 Å². The Morgan fingerprint density at radius 1 is 1.35 bits per heavy atom. The van der Waals surface area contributed by atoms with Crippen LogP contribution in [0.3, 0.4) is 0 Å². The number of hydrogen-bond donors (Lipinski definition) is 3. The highest BCUT2D eigenvalue weighted by Gasteiger charge is 2.13. The summed E-state index contributed by atoms with van der Waals surface area (Å²) in [6, 6.07) is 8.27. The van der Waals surface area contributed by atoms with Gasteiger partial charge < -0.3 is 10.8 Å². The van der Waals surface area contributed by atoms with Crippen LogP contribution in [0.2, 0.25) is 0 Å². The number of hydrazone groups is 1. The molecule has 8 nitrogen and oxygen atoms in total. The van der Waals surface area contributed by atoms with Crippen molar-refractivity contribution in [1.29, 1.82) is 0 Å². The van der Waals surface area contributed by atoms with E-state index in [2.05, 4.69) is 26.5 Å². The van der Waals surface area contributed by atoms with Gasteiger partial charge in [0.2, 0.25) is 0 Å². The Morgan fingerprint density at radius 2 is 2.09 bits per heavy atom. The molecule has 0 bridgehead atoms. The van der Waals surface area contributed by atoms with Crippen LogP contribution in [0.1, 0.15) is 15.9 Å². The summed E-state index contributed by atoms with van der Waals surface area (Å²) in [5.74, 6) is -0.670. The number of nitrogen functional groups attached to an aromatic ring is 1. The summed E-state index contributed by atoms with van der Waals surface area (Å²) in [6.07, 6.45) is 1.25. The lowest BCUT2D eigenvalue weighted by atomic mass is 10.1. The summed E-state index contributed by atoms with van der Waals surface area (Å²) in [4.78, 5) is 22.0. The average molecular weight is 379 g/mol. The van der Waals surface area contributed by atoms with Gasteiger partial charge in [-0.2, -0.15) is 5.10 Å². The van der Waals surface area contributed by atoms with Crippen molar-refractivity contribution in [2.24, 2.45) is 5.10 Å². The number of hydrogen-bond acceptors (Lipinski definition) is 6. The Bertz CT molecular complexity index is 807. The molecule has 0 radical (unpaired) electrons. The molecule has 9 heteroatoms. The summed E-state index contributed by atoms with van der Waals surface area (Å²) in [6.45, 7) is 0. The van der Waals surface area contributed by atoms with Gasteiger partial charge in [-0.1, -0.05) is 15.9 Å². The summed E-state index contributed by atoms with van der Waals surface area (Å²) < 4.78 is 0.731. The number of non-ortho nitro benzene ring substituents is 1. The zero-order chi connectivity index (χ0) is 17.0. The molecule has 0 aliphatic heterocycles. The number of rotatable bonds is 4. The zero-order valence-corrected chi connectivity index (χ0v) is 13.1. The van der Waals surface area contributed by atoms with E-state index in [0.29, 0.717) is 5.56 Å². The van der Waals surface area contributed by atoms with Crippen molar-refractivity contribution in [3.8, 4) is 5.75 Å². The number of nitrogens with one attached hydrogen (secondary N) is 1. The van der Waals surface area contributed by atoms with Gasteiger partial charge >= 0.3 is 0 Å². The molecule has 0 aliphatic rings. The fourth-order valence-corrected chi connectivity index (χ4v) is 2.10. The molecular weight excluding hydrogens is 368 g/mol. The standard InChI is InChI=1S/C14H11BrN4O4/c15-10-1-2-13(20)9(3-10)7-17-18-14(21)8-4-11(16)6-12(5-8)19(22)23/h1-7,20H,16H2,(H,18,21). The molecule has 2 aromatic rings. The van der Waals surface area contributed by atoms with Crippen molar-refractivity contribution < 1.29 is 14.8 Å². The van der Waals surface area contributed by atoms with Gasteiger partial charge in [0, 0.05) is 27.9 Å². The van der Waals surface area contributed by atoms with Gasteiger partial charge in [-0.3, -0.25) is 14.9 Å². The maximum Gasteiger partial charge on any atom is 0.272 e. The average Bonchev–Trinajstić information content (AvgIpc) is 2.50. The number of carbonyl (C=O) groups is 1. The minimum absolute atomic E-state index is 0.00677. The van der Waals surface area contributed by atoms with Crippen molar-refractivity contribution in [2.75, 3.05) is 5.73 Å². The number of nitrogens with two attached hydrogens (primary N) is 1. The Balaban J connectivity index is 2.15. The summed E-state index contributed by atoms with van der Waals surface area (Å²) in [7, 11) is 0. The molecule has 23 heavy (non-hydrogen) atoms. The minimum Gasteiger partial charge on any atom is -0.507 e. The maximum atomic E-state index is 11.9. The van der Waals surface area contributed by atoms with Crippen molar-refractivity contribution in [3.05, 3.63) is 62.1 Å². The first kappa shape index (κ1) is 16.4. The SMILES string of the molecule is Nc1cc(C(=O)NN=Cc2cc(Br)ccc2O)cc([N+](=O)[O-])c1. The van der Waals surface area contributed by atoms with Gasteiger partial charge in [0.25, 0.3) is 11.6 Å². The Kier molecular flexibility index (Phi) is 4.91. The second-order valence-corrected chi connectivity index (χ2v) is 5.39. The molecule has 118 valence electrons. The highest BCUT2D eigenvalue weighted by molar-refractivity contribution is 9.10. The smallest absolute Gasteiger partial charge is 0.272 e. The van der Waals surface area contributed by atoms with Crippen LogP contribution in [0, 0.1) is 10.1 Å². The third kappa shape index (κ3) is 4.27. The normalized spacial score (nSPS) is 10.7. The second kappa shape index (κ2) is 6.88. The number of benzene rings is 2. The van der Waals surface area contributed by atoms with E-state index in [0.717, 1.165) is 16.6 Å². The molecule has 1 amide bonds. The summed E-state index contributed by atoms with van der Waals surface area (Å²) in [5, 5.41) is 24.1. The molecule has 0 spiro atoms. The van der Waals surface area contributed by atoms with Crippen molar-refractivity contribution in [3.63, 3.8) is 0 Å². The molecule has 0 heterocycles. The van der Waals surface area contributed by atoms with Crippen LogP contribution < -0.4 is 11.2 Å². The van der Waals surface area contributed by atoms with Gasteiger partial charge in [0.15, 0.2) is 0 Å². The molecule has 0 aliphatic carbocycles. The molecule has 0 unspecified atom stereocenters. The van der Waals surface area contributed by atoms with Crippen LogP contribution in [0.5, 0.6) is 5.75 Å². The molecular formula is C14H11BrN4O4. The first-order chi connectivity index (χ1) is 10.9. The van der Waals surface area contributed by atoms with Gasteiger partial charge in [-0.15, -0.1) is 0 Å². The molecule has 0 saturated heterocycles. The van der Waals surface area contributed by atoms with Gasteiger partial charge in [0.1, 0.15) is 5.75 Å². The fraction of sp³-hybridized carbons (Fsp3) is 0. The van der Waals surface area contributed by atoms with Crippen LogP contribution in [0.25, 0.3) is 0 Å². The summed E-state index contributed by atoms with van der Waals surface area (Å²) >= 11 is 3.25. The first-order valence-electron chi connectivity index (χ1n) is 6.23. The molecule has 0 saturated carbocycles.